The van der Waals surface area contributed by atoms with Crippen molar-refractivity contribution in [2.45, 2.75) is 44.1 Å². The zero-order valence-electron chi connectivity index (χ0n) is 12.3. The summed E-state index contributed by atoms with van der Waals surface area (Å²) < 4.78 is 10.8. The maximum atomic E-state index is 6.42. The molecule has 1 aliphatic rings. The SMILES string of the molecule is COc1ccccc1Cc1noc(C2(N)CCCCC2)n1. The van der Waals surface area contributed by atoms with Gasteiger partial charge in [0.2, 0.25) is 5.89 Å². The predicted octanol–water partition coefficient (Wildman–Crippen LogP) is 2.79. The van der Waals surface area contributed by atoms with Crippen molar-refractivity contribution >= 4 is 0 Å². The Morgan fingerprint density at radius 1 is 1.24 bits per heavy atom. The quantitative estimate of drug-likeness (QED) is 0.936. The van der Waals surface area contributed by atoms with Crippen LogP contribution in [0.4, 0.5) is 0 Å². The molecule has 0 amide bonds. The lowest BCUT2D eigenvalue weighted by atomic mass is 9.82. The molecule has 1 fully saturated rings. The van der Waals surface area contributed by atoms with Crippen LogP contribution in [0.2, 0.25) is 0 Å². The van der Waals surface area contributed by atoms with E-state index in [1.165, 1.54) is 6.42 Å². The van der Waals surface area contributed by atoms with E-state index >= 15 is 0 Å². The Morgan fingerprint density at radius 3 is 2.76 bits per heavy atom. The van der Waals surface area contributed by atoms with Gasteiger partial charge in [0, 0.05) is 12.0 Å². The normalized spacial score (nSPS) is 17.6. The van der Waals surface area contributed by atoms with Crippen molar-refractivity contribution in [2.24, 2.45) is 5.73 Å². The van der Waals surface area contributed by atoms with E-state index in [2.05, 4.69) is 10.1 Å². The molecule has 0 saturated heterocycles. The van der Waals surface area contributed by atoms with Gasteiger partial charge in [0.15, 0.2) is 5.82 Å². The average Bonchev–Trinajstić information content (AvgIpc) is 2.98. The van der Waals surface area contributed by atoms with Crippen molar-refractivity contribution in [3.05, 3.63) is 41.5 Å². The molecule has 0 spiro atoms. The number of aromatic nitrogens is 2. The Balaban J connectivity index is 1.79. The van der Waals surface area contributed by atoms with E-state index in [4.69, 9.17) is 15.0 Å². The Kier molecular flexibility index (Phi) is 3.92. The summed E-state index contributed by atoms with van der Waals surface area (Å²) >= 11 is 0. The highest BCUT2D eigenvalue weighted by Crippen LogP contribution is 2.34. The minimum absolute atomic E-state index is 0.440. The third kappa shape index (κ3) is 2.93. The van der Waals surface area contributed by atoms with E-state index in [0.29, 0.717) is 18.1 Å². The third-order valence-corrected chi connectivity index (χ3v) is 4.18. The highest BCUT2D eigenvalue weighted by atomic mass is 16.5. The Bertz CT molecular complexity index is 603. The summed E-state index contributed by atoms with van der Waals surface area (Å²) in [5.41, 5.74) is 7.03. The van der Waals surface area contributed by atoms with Crippen LogP contribution in [0.25, 0.3) is 0 Å². The van der Waals surface area contributed by atoms with Gasteiger partial charge >= 0.3 is 0 Å². The maximum absolute atomic E-state index is 6.42. The first-order chi connectivity index (χ1) is 10.2. The second kappa shape index (κ2) is 5.85. The molecule has 112 valence electrons. The number of hydrogen-bond donors (Lipinski definition) is 1. The van der Waals surface area contributed by atoms with Crippen LogP contribution in [-0.2, 0) is 12.0 Å². The summed E-state index contributed by atoms with van der Waals surface area (Å²) in [4.78, 5) is 4.52. The second-order valence-corrected chi connectivity index (χ2v) is 5.72. The number of nitrogens with zero attached hydrogens (tertiary/aromatic N) is 2. The molecule has 5 heteroatoms. The van der Waals surface area contributed by atoms with Crippen molar-refractivity contribution in [2.75, 3.05) is 7.11 Å². The monoisotopic (exact) mass is 287 g/mol. The number of rotatable bonds is 4. The van der Waals surface area contributed by atoms with Gasteiger partial charge in [-0.05, 0) is 18.9 Å². The van der Waals surface area contributed by atoms with Gasteiger partial charge in [-0.2, -0.15) is 4.98 Å². The van der Waals surface area contributed by atoms with E-state index in [0.717, 1.165) is 37.0 Å². The molecule has 3 rings (SSSR count). The van der Waals surface area contributed by atoms with Crippen LogP contribution in [0.15, 0.2) is 28.8 Å². The summed E-state index contributed by atoms with van der Waals surface area (Å²) in [5.74, 6) is 2.07. The zero-order valence-corrected chi connectivity index (χ0v) is 12.3. The molecule has 1 aromatic heterocycles. The van der Waals surface area contributed by atoms with Gasteiger partial charge in [-0.15, -0.1) is 0 Å². The van der Waals surface area contributed by atoms with Crippen molar-refractivity contribution in [1.82, 2.24) is 10.1 Å². The molecule has 1 saturated carbocycles. The molecular formula is C16H21N3O2. The number of methoxy groups -OCH3 is 1. The van der Waals surface area contributed by atoms with Crippen LogP contribution < -0.4 is 10.5 Å². The molecule has 1 heterocycles. The molecule has 0 bridgehead atoms. The van der Waals surface area contributed by atoms with Gasteiger partial charge in [0.25, 0.3) is 0 Å². The fourth-order valence-electron chi connectivity index (χ4n) is 2.94. The fourth-order valence-corrected chi connectivity index (χ4v) is 2.94. The first kappa shape index (κ1) is 14.1. The molecule has 0 aliphatic heterocycles. The minimum atomic E-state index is -0.440. The van der Waals surface area contributed by atoms with Crippen LogP contribution in [-0.4, -0.2) is 17.3 Å². The molecule has 5 nitrogen and oxygen atoms in total. The molecular weight excluding hydrogens is 266 g/mol. The highest BCUT2D eigenvalue weighted by Gasteiger charge is 2.35. The number of para-hydroxylation sites is 1. The third-order valence-electron chi connectivity index (χ3n) is 4.18. The van der Waals surface area contributed by atoms with Crippen LogP contribution in [0.1, 0.15) is 49.4 Å². The smallest absolute Gasteiger partial charge is 0.246 e. The van der Waals surface area contributed by atoms with Gasteiger partial charge in [0.05, 0.1) is 12.6 Å². The number of benzene rings is 1. The zero-order chi connectivity index (χ0) is 14.7. The largest absolute Gasteiger partial charge is 0.496 e. The molecule has 2 aromatic rings. The fraction of sp³-hybridized carbons (Fsp3) is 0.500. The minimum Gasteiger partial charge on any atom is -0.496 e. The van der Waals surface area contributed by atoms with Crippen molar-refractivity contribution in [1.29, 1.82) is 0 Å². The summed E-state index contributed by atoms with van der Waals surface area (Å²) in [6.45, 7) is 0. The van der Waals surface area contributed by atoms with Crippen LogP contribution in [0, 0.1) is 0 Å². The lowest BCUT2D eigenvalue weighted by Gasteiger charge is -2.29. The standard InChI is InChI=1S/C16H21N3O2/c1-20-13-8-4-3-7-12(13)11-14-18-15(21-19-14)16(17)9-5-2-6-10-16/h3-4,7-8H,2,5-6,9-11,17H2,1H3. The molecule has 21 heavy (non-hydrogen) atoms. The topological polar surface area (TPSA) is 74.2 Å². The lowest BCUT2D eigenvalue weighted by molar-refractivity contribution is 0.219. The van der Waals surface area contributed by atoms with E-state index < -0.39 is 5.54 Å². The molecule has 1 aromatic carbocycles. The highest BCUT2D eigenvalue weighted by molar-refractivity contribution is 5.35. The number of ether oxygens (including phenoxy) is 1. The van der Waals surface area contributed by atoms with Gasteiger partial charge in [0.1, 0.15) is 5.75 Å². The first-order valence-corrected chi connectivity index (χ1v) is 7.45. The maximum Gasteiger partial charge on any atom is 0.246 e. The van der Waals surface area contributed by atoms with Crippen molar-refractivity contribution in [3.8, 4) is 5.75 Å². The summed E-state index contributed by atoms with van der Waals surface area (Å²) in [6.07, 6.45) is 5.92. The van der Waals surface area contributed by atoms with Crippen molar-refractivity contribution in [3.63, 3.8) is 0 Å². The molecule has 0 unspecified atom stereocenters. The Hall–Kier alpha value is -1.88. The van der Waals surface area contributed by atoms with Gasteiger partial charge in [-0.25, -0.2) is 0 Å². The van der Waals surface area contributed by atoms with Gasteiger partial charge in [-0.1, -0.05) is 42.6 Å². The van der Waals surface area contributed by atoms with E-state index in [1.54, 1.807) is 7.11 Å². The van der Waals surface area contributed by atoms with Crippen LogP contribution in [0.3, 0.4) is 0 Å². The van der Waals surface area contributed by atoms with Crippen LogP contribution in [0.5, 0.6) is 5.75 Å². The molecule has 0 radical (unpaired) electrons. The molecule has 0 atom stereocenters. The predicted molar refractivity (Wildman–Crippen MR) is 79.0 cm³/mol. The average molecular weight is 287 g/mol. The summed E-state index contributed by atoms with van der Waals surface area (Å²) in [5, 5.41) is 4.09. The summed E-state index contributed by atoms with van der Waals surface area (Å²) in [7, 11) is 1.66. The lowest BCUT2D eigenvalue weighted by Crippen LogP contribution is -2.39. The van der Waals surface area contributed by atoms with Crippen molar-refractivity contribution < 1.29 is 9.26 Å². The Morgan fingerprint density at radius 2 is 2.00 bits per heavy atom. The van der Waals surface area contributed by atoms with Gasteiger partial charge < -0.3 is 15.0 Å². The van der Waals surface area contributed by atoms with Crippen LogP contribution >= 0.6 is 0 Å². The first-order valence-electron chi connectivity index (χ1n) is 7.45. The van der Waals surface area contributed by atoms with E-state index in [1.807, 2.05) is 24.3 Å². The molecule has 1 aliphatic carbocycles. The Labute approximate surface area is 124 Å². The second-order valence-electron chi connectivity index (χ2n) is 5.72. The number of nitrogens with two attached hydrogens (primary N) is 1. The summed E-state index contributed by atoms with van der Waals surface area (Å²) in [6, 6.07) is 7.86. The molecule has 2 N–H and O–H groups in total. The van der Waals surface area contributed by atoms with E-state index in [-0.39, 0.29) is 0 Å². The van der Waals surface area contributed by atoms with E-state index in [9.17, 15) is 0 Å². The number of hydrogen-bond acceptors (Lipinski definition) is 5. The van der Waals surface area contributed by atoms with Gasteiger partial charge in [-0.3, -0.25) is 0 Å².